The van der Waals surface area contributed by atoms with E-state index >= 15 is 0 Å². The first-order valence-corrected chi connectivity index (χ1v) is 3.94. The average Bonchev–Trinajstić information content (AvgIpc) is 1.86. The number of hydrogen-bond acceptors (Lipinski definition) is 2. The van der Waals surface area contributed by atoms with Crippen molar-refractivity contribution in [2.24, 2.45) is 0 Å². The van der Waals surface area contributed by atoms with Gasteiger partial charge in [0.15, 0.2) is 0 Å². The highest BCUT2D eigenvalue weighted by molar-refractivity contribution is 5.67. The summed E-state index contributed by atoms with van der Waals surface area (Å²) in [5.41, 5.74) is 0. The minimum absolute atomic E-state index is 0.281. The zero-order chi connectivity index (χ0) is 8.69. The Morgan fingerprint density at radius 1 is 1.73 bits per heavy atom. The van der Waals surface area contributed by atoms with Crippen molar-refractivity contribution in [3.05, 3.63) is 6.92 Å². The molecule has 0 saturated heterocycles. The Morgan fingerprint density at radius 2 is 2.36 bits per heavy atom. The van der Waals surface area contributed by atoms with Crippen molar-refractivity contribution in [3.8, 4) is 0 Å². The van der Waals surface area contributed by atoms with Crippen LogP contribution in [0.3, 0.4) is 0 Å². The number of carbonyl (C=O) groups excluding carboxylic acids is 1. The molecular weight excluding hydrogens is 142 g/mol. The maximum atomic E-state index is 10.8. The van der Waals surface area contributed by atoms with Gasteiger partial charge in [0.1, 0.15) is 6.10 Å². The molecule has 1 amide bonds. The first-order valence-electron chi connectivity index (χ1n) is 3.94. The molecule has 3 heteroatoms. The lowest BCUT2D eigenvalue weighted by Crippen LogP contribution is -2.27. The fourth-order valence-electron chi connectivity index (χ4n) is 0.592. The van der Waals surface area contributed by atoms with Gasteiger partial charge in [-0.15, -0.1) is 0 Å². The molecule has 1 N–H and O–H groups in total. The van der Waals surface area contributed by atoms with Gasteiger partial charge in [0.2, 0.25) is 0 Å². The van der Waals surface area contributed by atoms with E-state index in [1.54, 1.807) is 6.92 Å². The van der Waals surface area contributed by atoms with Crippen LogP contribution in [0.4, 0.5) is 4.79 Å². The molecule has 1 atom stereocenters. The second kappa shape index (κ2) is 6.01. The number of rotatable bonds is 4. The van der Waals surface area contributed by atoms with E-state index in [9.17, 15) is 4.79 Å². The third kappa shape index (κ3) is 7.16. The van der Waals surface area contributed by atoms with E-state index < -0.39 is 0 Å². The Morgan fingerprint density at radius 3 is 2.82 bits per heavy atom. The molecule has 3 nitrogen and oxygen atoms in total. The third-order valence-corrected chi connectivity index (χ3v) is 1.11. The van der Waals surface area contributed by atoms with E-state index in [4.69, 9.17) is 4.74 Å². The van der Waals surface area contributed by atoms with E-state index in [-0.39, 0.29) is 12.2 Å². The monoisotopic (exact) mass is 158 g/mol. The molecule has 0 fully saturated rings. The summed E-state index contributed by atoms with van der Waals surface area (Å²) in [5.74, 6) is 0. The topological polar surface area (TPSA) is 38.3 Å². The molecule has 1 unspecified atom stereocenters. The summed E-state index contributed by atoms with van der Waals surface area (Å²) < 4.78 is 4.74. The van der Waals surface area contributed by atoms with E-state index in [2.05, 4.69) is 19.2 Å². The molecule has 65 valence electrons. The van der Waals surface area contributed by atoms with Gasteiger partial charge in [-0.05, 0) is 20.3 Å². The highest BCUT2D eigenvalue weighted by Gasteiger charge is 2.01. The van der Waals surface area contributed by atoms with Gasteiger partial charge in [-0.2, -0.15) is 0 Å². The van der Waals surface area contributed by atoms with Gasteiger partial charge in [-0.25, -0.2) is 4.79 Å². The minimum Gasteiger partial charge on any atom is -0.447 e. The second-order valence-corrected chi connectivity index (χ2v) is 2.50. The molecule has 0 bridgehead atoms. The summed E-state index contributed by atoms with van der Waals surface area (Å²) in [4.78, 5) is 10.8. The van der Waals surface area contributed by atoms with Gasteiger partial charge in [-0.1, -0.05) is 13.3 Å². The summed E-state index contributed by atoms with van der Waals surface area (Å²) in [7, 11) is 0. The van der Waals surface area contributed by atoms with Crippen LogP contribution in [0.1, 0.15) is 26.7 Å². The van der Waals surface area contributed by atoms with Crippen molar-refractivity contribution < 1.29 is 9.53 Å². The fraction of sp³-hybridized carbons (Fsp3) is 0.750. The molecule has 0 aromatic carbocycles. The van der Waals surface area contributed by atoms with Gasteiger partial charge in [0, 0.05) is 6.54 Å². The largest absolute Gasteiger partial charge is 0.447 e. The van der Waals surface area contributed by atoms with E-state index in [1.807, 2.05) is 0 Å². The predicted octanol–water partition coefficient (Wildman–Crippen LogP) is 1.74. The summed E-state index contributed by atoms with van der Waals surface area (Å²) in [6.07, 6.45) is 1.40. The molecule has 0 aliphatic carbocycles. The lowest BCUT2D eigenvalue weighted by Gasteiger charge is -2.08. The average molecular weight is 158 g/mol. The number of hydrogen-bond donors (Lipinski definition) is 1. The zero-order valence-electron chi connectivity index (χ0n) is 7.22. The first kappa shape index (κ1) is 10.3. The van der Waals surface area contributed by atoms with E-state index in [0.717, 1.165) is 12.8 Å². The lowest BCUT2D eigenvalue weighted by molar-refractivity contribution is 0.126. The molecule has 0 spiro atoms. The van der Waals surface area contributed by atoms with Gasteiger partial charge in [0.05, 0.1) is 0 Å². The number of nitrogens with one attached hydrogen (secondary N) is 1. The fourth-order valence-corrected chi connectivity index (χ4v) is 0.592. The highest BCUT2D eigenvalue weighted by Crippen LogP contribution is 1.88. The van der Waals surface area contributed by atoms with Crippen molar-refractivity contribution in [2.45, 2.75) is 32.8 Å². The van der Waals surface area contributed by atoms with Gasteiger partial charge < -0.3 is 10.1 Å². The molecular formula is C8H16NO2. The van der Waals surface area contributed by atoms with Crippen molar-refractivity contribution in [2.75, 3.05) is 6.54 Å². The Labute approximate surface area is 68.1 Å². The first-order chi connectivity index (χ1) is 5.16. The van der Waals surface area contributed by atoms with Crippen LogP contribution in [0.5, 0.6) is 0 Å². The molecule has 0 saturated carbocycles. The van der Waals surface area contributed by atoms with Gasteiger partial charge in [-0.3, -0.25) is 0 Å². The van der Waals surface area contributed by atoms with Crippen LogP contribution in [0, 0.1) is 6.92 Å². The molecule has 0 aromatic heterocycles. The molecule has 1 radical (unpaired) electrons. The molecule has 0 aliphatic heterocycles. The summed E-state index contributed by atoms with van der Waals surface area (Å²) in [6, 6.07) is 0. The number of alkyl carbamates (subject to hydrolysis) is 1. The van der Waals surface area contributed by atoms with E-state index in [0.29, 0.717) is 6.54 Å². The normalized spacial score (nSPS) is 9.82. The van der Waals surface area contributed by atoms with Crippen molar-refractivity contribution in [3.63, 3.8) is 0 Å². The maximum absolute atomic E-state index is 10.8. The second-order valence-electron chi connectivity index (χ2n) is 2.50. The van der Waals surface area contributed by atoms with Crippen LogP contribution in [0.15, 0.2) is 0 Å². The maximum Gasteiger partial charge on any atom is 0.407 e. The predicted molar refractivity (Wildman–Crippen MR) is 44.2 cm³/mol. The van der Waals surface area contributed by atoms with Crippen molar-refractivity contribution >= 4 is 6.09 Å². The number of amides is 1. The smallest absolute Gasteiger partial charge is 0.407 e. The van der Waals surface area contributed by atoms with Gasteiger partial charge in [0.25, 0.3) is 0 Å². The summed E-state index contributed by atoms with van der Waals surface area (Å²) in [6.45, 7) is 7.99. The molecule has 0 rings (SSSR count). The molecule has 0 heterocycles. The third-order valence-electron chi connectivity index (χ3n) is 1.11. The Hall–Kier alpha value is -0.730. The Balaban J connectivity index is 3.23. The number of unbranched alkanes of at least 4 members (excludes halogenated alkanes) is 1. The summed E-state index contributed by atoms with van der Waals surface area (Å²) >= 11 is 0. The van der Waals surface area contributed by atoms with Gasteiger partial charge >= 0.3 is 6.09 Å². The van der Waals surface area contributed by atoms with Crippen molar-refractivity contribution in [1.29, 1.82) is 0 Å². The molecule has 11 heavy (non-hydrogen) atoms. The van der Waals surface area contributed by atoms with Crippen molar-refractivity contribution in [1.82, 2.24) is 5.32 Å². The van der Waals surface area contributed by atoms with Crippen LogP contribution in [0.25, 0.3) is 0 Å². The molecule has 0 aromatic rings. The zero-order valence-corrected chi connectivity index (χ0v) is 7.22. The quantitative estimate of drug-likeness (QED) is 0.633. The van der Waals surface area contributed by atoms with Crippen LogP contribution in [0.2, 0.25) is 0 Å². The Kier molecular flexibility index (Phi) is 5.61. The Bertz CT molecular complexity index is 113. The van der Waals surface area contributed by atoms with Crippen LogP contribution < -0.4 is 5.32 Å². The van der Waals surface area contributed by atoms with Crippen LogP contribution in [-0.2, 0) is 4.74 Å². The number of ether oxygens (including phenoxy) is 1. The SMILES string of the molecule is [CH2]C(C)OC(=O)NCCCC. The highest BCUT2D eigenvalue weighted by atomic mass is 16.6. The van der Waals surface area contributed by atoms with Crippen LogP contribution in [-0.4, -0.2) is 18.7 Å². The minimum atomic E-state index is -0.374. The summed E-state index contributed by atoms with van der Waals surface area (Å²) in [5, 5.41) is 2.61. The number of carbonyl (C=O) groups is 1. The standard InChI is InChI=1S/C8H16NO2/c1-4-5-6-9-8(10)11-7(2)3/h7H,2,4-6H2,1,3H3,(H,9,10). The van der Waals surface area contributed by atoms with E-state index in [1.165, 1.54) is 0 Å². The molecule has 0 aliphatic rings. The lowest BCUT2D eigenvalue weighted by atomic mass is 10.3. The van der Waals surface area contributed by atoms with Crippen LogP contribution >= 0.6 is 0 Å².